The molecule has 0 heterocycles. The summed E-state index contributed by atoms with van der Waals surface area (Å²) < 4.78 is 28.6. The average molecular weight is 383 g/mol. The van der Waals surface area contributed by atoms with Gasteiger partial charge in [0.25, 0.3) is 0 Å². The third-order valence-electron chi connectivity index (χ3n) is 3.93. The second-order valence-corrected chi connectivity index (χ2v) is 6.30. The smallest absolute Gasteiger partial charge is 0.387 e. The summed E-state index contributed by atoms with van der Waals surface area (Å²) in [6, 6.07) is 13.6. The predicted octanol–water partition coefficient (Wildman–Crippen LogP) is 4.25. The molecule has 0 bridgehead atoms. The number of amides is 1. The fraction of sp³-hybridized carbons (Fsp3) is 0.316. The van der Waals surface area contributed by atoms with Crippen LogP contribution in [0.2, 0.25) is 5.02 Å². The Kier molecular flexibility index (Phi) is 7.36. The van der Waals surface area contributed by atoms with Crippen LogP contribution in [0.25, 0.3) is 0 Å². The van der Waals surface area contributed by atoms with Crippen molar-refractivity contribution in [2.75, 3.05) is 13.6 Å². The van der Waals surface area contributed by atoms with Gasteiger partial charge in [0.15, 0.2) is 0 Å². The molecule has 0 aliphatic carbocycles. The van der Waals surface area contributed by atoms with Crippen LogP contribution in [0.4, 0.5) is 8.78 Å². The zero-order valence-corrected chi connectivity index (χ0v) is 15.3. The first kappa shape index (κ1) is 20.1. The lowest BCUT2D eigenvalue weighted by atomic mass is 10.1. The highest BCUT2D eigenvalue weighted by molar-refractivity contribution is 6.31. The van der Waals surface area contributed by atoms with Crippen LogP contribution in [0.3, 0.4) is 0 Å². The van der Waals surface area contributed by atoms with Gasteiger partial charge in [0.05, 0.1) is 6.54 Å². The number of nitrogens with zero attached hydrogens (tertiary/aromatic N) is 1. The Hall–Kier alpha value is -2.18. The number of benzene rings is 2. The van der Waals surface area contributed by atoms with Gasteiger partial charge in [-0.05, 0) is 36.2 Å². The highest BCUT2D eigenvalue weighted by atomic mass is 35.5. The molecule has 140 valence electrons. The lowest BCUT2D eigenvalue weighted by Gasteiger charge is -2.20. The maximum atomic E-state index is 12.3. The number of alkyl halides is 2. The minimum atomic E-state index is -2.85. The zero-order chi connectivity index (χ0) is 19.1. The number of halogens is 3. The van der Waals surface area contributed by atoms with E-state index in [4.69, 9.17) is 11.6 Å². The van der Waals surface area contributed by atoms with Gasteiger partial charge in [0.2, 0.25) is 5.91 Å². The third kappa shape index (κ3) is 5.97. The second-order valence-electron chi connectivity index (χ2n) is 5.90. The molecule has 0 saturated carbocycles. The molecular weight excluding hydrogens is 362 g/mol. The Bertz CT molecular complexity index is 726. The number of ether oxygens (including phenoxy) is 1. The molecule has 4 nitrogen and oxygen atoms in total. The fourth-order valence-corrected chi connectivity index (χ4v) is 2.75. The molecule has 0 saturated heterocycles. The van der Waals surface area contributed by atoms with E-state index in [2.05, 4.69) is 10.1 Å². The van der Waals surface area contributed by atoms with Crippen molar-refractivity contribution in [2.24, 2.45) is 0 Å². The first-order valence-corrected chi connectivity index (χ1v) is 8.50. The number of hydrogen-bond acceptors (Lipinski definition) is 3. The van der Waals surface area contributed by atoms with E-state index < -0.39 is 6.61 Å². The molecule has 1 amide bonds. The summed E-state index contributed by atoms with van der Waals surface area (Å²) in [4.78, 5) is 13.9. The number of hydrogen-bond donors (Lipinski definition) is 1. The quantitative estimate of drug-likeness (QED) is 0.742. The van der Waals surface area contributed by atoms with Gasteiger partial charge in [0.1, 0.15) is 5.75 Å². The number of carbonyl (C=O) groups is 1. The van der Waals surface area contributed by atoms with Crippen molar-refractivity contribution < 1.29 is 18.3 Å². The van der Waals surface area contributed by atoms with Crippen LogP contribution in [0, 0.1) is 0 Å². The Balaban J connectivity index is 1.84. The summed E-state index contributed by atoms with van der Waals surface area (Å²) in [7, 11) is 1.69. The van der Waals surface area contributed by atoms with E-state index in [0.29, 0.717) is 11.6 Å². The minimum absolute atomic E-state index is 0.0631. The zero-order valence-electron chi connectivity index (χ0n) is 14.6. The summed E-state index contributed by atoms with van der Waals surface area (Å²) in [5, 5.41) is 3.81. The van der Waals surface area contributed by atoms with Gasteiger partial charge in [-0.1, -0.05) is 41.9 Å². The van der Waals surface area contributed by atoms with Crippen molar-refractivity contribution in [3.8, 4) is 5.75 Å². The van der Waals surface area contributed by atoms with E-state index in [9.17, 15) is 13.6 Å². The van der Waals surface area contributed by atoms with Crippen molar-refractivity contribution in [3.63, 3.8) is 0 Å². The molecule has 1 N–H and O–H groups in total. The summed E-state index contributed by atoms with van der Waals surface area (Å²) in [5.74, 6) is 0.00442. The lowest BCUT2D eigenvalue weighted by Crippen LogP contribution is -2.36. The molecule has 1 unspecified atom stereocenters. The van der Waals surface area contributed by atoms with Gasteiger partial charge in [0, 0.05) is 24.7 Å². The molecule has 26 heavy (non-hydrogen) atoms. The number of likely N-dealkylation sites (N-methyl/N-ethyl adjacent to an activating group) is 1. The predicted molar refractivity (Wildman–Crippen MR) is 97.4 cm³/mol. The molecular formula is C19H21ClF2N2O2. The average Bonchev–Trinajstić information content (AvgIpc) is 2.61. The number of nitrogens with one attached hydrogen (secondary N) is 1. The van der Waals surface area contributed by atoms with Crippen LogP contribution in [-0.4, -0.2) is 31.0 Å². The number of carbonyl (C=O) groups excluding carboxylic acids is 1. The van der Waals surface area contributed by atoms with E-state index in [1.54, 1.807) is 24.1 Å². The summed E-state index contributed by atoms with van der Waals surface area (Å²) >= 11 is 6.16. The molecule has 0 aliphatic rings. The van der Waals surface area contributed by atoms with Gasteiger partial charge in [-0.3, -0.25) is 4.79 Å². The molecule has 2 aromatic carbocycles. The molecule has 2 aromatic rings. The van der Waals surface area contributed by atoms with E-state index >= 15 is 0 Å². The minimum Gasteiger partial charge on any atom is -0.435 e. The van der Waals surface area contributed by atoms with Gasteiger partial charge in [-0.25, -0.2) is 0 Å². The standard InChI is InChI=1S/C19H21ClF2N2O2/c1-13(16-5-3-4-6-17(16)20)23-11-18(25)24(2)12-14-7-9-15(10-8-14)26-19(21)22/h3-10,13,19,23H,11-12H2,1-2H3. The molecule has 2 rings (SSSR count). The molecule has 1 atom stereocenters. The third-order valence-corrected chi connectivity index (χ3v) is 4.27. The van der Waals surface area contributed by atoms with Crippen molar-refractivity contribution in [3.05, 3.63) is 64.7 Å². The Morgan fingerprint density at radius 1 is 1.19 bits per heavy atom. The van der Waals surface area contributed by atoms with E-state index in [0.717, 1.165) is 11.1 Å². The number of rotatable bonds is 8. The molecule has 0 spiro atoms. The van der Waals surface area contributed by atoms with Crippen LogP contribution in [0.5, 0.6) is 5.75 Å². The largest absolute Gasteiger partial charge is 0.435 e. The van der Waals surface area contributed by atoms with E-state index in [1.807, 2.05) is 31.2 Å². The van der Waals surface area contributed by atoms with E-state index in [-0.39, 0.29) is 24.2 Å². The monoisotopic (exact) mass is 382 g/mol. The molecule has 0 aromatic heterocycles. The second kappa shape index (κ2) is 9.50. The van der Waals surface area contributed by atoms with Crippen molar-refractivity contribution in [2.45, 2.75) is 26.1 Å². The molecule has 7 heteroatoms. The van der Waals surface area contributed by atoms with E-state index in [1.165, 1.54) is 12.1 Å². The Morgan fingerprint density at radius 2 is 1.85 bits per heavy atom. The van der Waals surface area contributed by atoms with Gasteiger partial charge >= 0.3 is 6.61 Å². The maximum absolute atomic E-state index is 12.3. The molecule has 0 radical (unpaired) electrons. The van der Waals surface area contributed by atoms with Crippen LogP contribution < -0.4 is 10.1 Å². The normalized spacial score (nSPS) is 12.1. The first-order valence-electron chi connectivity index (χ1n) is 8.12. The Morgan fingerprint density at radius 3 is 2.46 bits per heavy atom. The lowest BCUT2D eigenvalue weighted by molar-refractivity contribution is -0.129. The molecule has 0 fully saturated rings. The SMILES string of the molecule is CC(NCC(=O)N(C)Cc1ccc(OC(F)F)cc1)c1ccccc1Cl. The highest BCUT2D eigenvalue weighted by Gasteiger charge is 2.13. The van der Waals surface area contributed by atoms with Crippen LogP contribution in [0.15, 0.2) is 48.5 Å². The highest BCUT2D eigenvalue weighted by Crippen LogP contribution is 2.22. The van der Waals surface area contributed by atoms with Crippen molar-refractivity contribution in [1.82, 2.24) is 10.2 Å². The van der Waals surface area contributed by atoms with Crippen LogP contribution >= 0.6 is 11.6 Å². The molecule has 0 aliphatic heterocycles. The topological polar surface area (TPSA) is 41.6 Å². The fourth-order valence-electron chi connectivity index (χ4n) is 2.45. The first-order chi connectivity index (χ1) is 12.4. The maximum Gasteiger partial charge on any atom is 0.387 e. The van der Waals surface area contributed by atoms with Crippen molar-refractivity contribution >= 4 is 17.5 Å². The van der Waals surface area contributed by atoms with Crippen molar-refractivity contribution in [1.29, 1.82) is 0 Å². The Labute approximate surface area is 156 Å². The van der Waals surface area contributed by atoms with Crippen LogP contribution in [-0.2, 0) is 11.3 Å². The van der Waals surface area contributed by atoms with Crippen LogP contribution in [0.1, 0.15) is 24.1 Å². The van der Waals surface area contributed by atoms with Gasteiger partial charge in [-0.2, -0.15) is 8.78 Å². The summed E-state index contributed by atoms with van der Waals surface area (Å²) in [6.45, 7) is -0.377. The summed E-state index contributed by atoms with van der Waals surface area (Å²) in [5.41, 5.74) is 1.75. The van der Waals surface area contributed by atoms with Gasteiger partial charge < -0.3 is 15.0 Å². The summed E-state index contributed by atoms with van der Waals surface area (Å²) in [6.07, 6.45) is 0. The van der Waals surface area contributed by atoms with Gasteiger partial charge in [-0.15, -0.1) is 0 Å².